The van der Waals surface area contributed by atoms with Gasteiger partial charge in [-0.3, -0.25) is 9.36 Å². The number of aryl methyl sites for hydroxylation is 2. The topological polar surface area (TPSA) is 47.4 Å². The van der Waals surface area contributed by atoms with Crippen LogP contribution in [0.1, 0.15) is 24.7 Å². The second-order valence-corrected chi connectivity index (χ2v) is 8.48. The lowest BCUT2D eigenvalue weighted by molar-refractivity contribution is -0.188. The highest BCUT2D eigenvalue weighted by molar-refractivity contribution is 5.81. The number of benzene rings is 2. The predicted octanol–water partition coefficient (Wildman–Crippen LogP) is 3.21. The van der Waals surface area contributed by atoms with E-state index in [2.05, 4.69) is 11.0 Å². The fraction of sp³-hybridized carbons (Fsp3) is 0.417. The van der Waals surface area contributed by atoms with E-state index in [0.29, 0.717) is 11.8 Å². The maximum Gasteiger partial charge on any atom is 0.266 e. The standard InChI is InChI=1S/C24H27N3O2/c1-2-21-25-20-12-6-8-18(9-7-13-26-14-24(15-26)16-29-17-24)22(20)23(28)27(21)19-10-4-3-5-11-19/h3-6,8,10-12H,2,7,9,13-17H2,1H3. The third-order valence-corrected chi connectivity index (χ3v) is 6.24. The zero-order chi connectivity index (χ0) is 19.8. The Morgan fingerprint density at radius 2 is 1.86 bits per heavy atom. The number of rotatable bonds is 6. The largest absolute Gasteiger partial charge is 0.380 e. The monoisotopic (exact) mass is 389 g/mol. The fourth-order valence-corrected chi connectivity index (χ4v) is 4.76. The van der Waals surface area contributed by atoms with E-state index in [9.17, 15) is 4.79 Å². The smallest absolute Gasteiger partial charge is 0.266 e. The third kappa shape index (κ3) is 3.28. The lowest BCUT2D eigenvalue weighted by atomic mass is 9.78. The Morgan fingerprint density at radius 1 is 1.07 bits per heavy atom. The Bertz CT molecular complexity index is 1080. The molecule has 0 radical (unpaired) electrons. The second-order valence-electron chi connectivity index (χ2n) is 8.48. The molecule has 1 aromatic heterocycles. The minimum Gasteiger partial charge on any atom is -0.380 e. The van der Waals surface area contributed by atoms with Crippen LogP contribution in [-0.4, -0.2) is 47.3 Å². The summed E-state index contributed by atoms with van der Waals surface area (Å²) in [5.41, 5.74) is 3.31. The molecule has 0 N–H and O–H groups in total. The van der Waals surface area contributed by atoms with Crippen molar-refractivity contribution in [3.05, 3.63) is 70.3 Å². The van der Waals surface area contributed by atoms with Crippen LogP contribution in [0.2, 0.25) is 0 Å². The predicted molar refractivity (Wildman–Crippen MR) is 115 cm³/mol. The van der Waals surface area contributed by atoms with Crippen molar-refractivity contribution in [2.45, 2.75) is 26.2 Å². The van der Waals surface area contributed by atoms with E-state index >= 15 is 0 Å². The molecule has 29 heavy (non-hydrogen) atoms. The molecule has 2 saturated heterocycles. The van der Waals surface area contributed by atoms with E-state index in [1.165, 1.54) is 0 Å². The molecule has 0 saturated carbocycles. The zero-order valence-electron chi connectivity index (χ0n) is 16.9. The van der Waals surface area contributed by atoms with Gasteiger partial charge in [0.2, 0.25) is 0 Å². The Labute approximate surface area is 170 Å². The molecule has 2 fully saturated rings. The van der Waals surface area contributed by atoms with E-state index in [4.69, 9.17) is 9.72 Å². The molecule has 2 aromatic carbocycles. The fourth-order valence-electron chi connectivity index (χ4n) is 4.76. The highest BCUT2D eigenvalue weighted by Gasteiger charge is 2.48. The minimum absolute atomic E-state index is 0.0446. The summed E-state index contributed by atoms with van der Waals surface area (Å²) < 4.78 is 7.14. The van der Waals surface area contributed by atoms with Crippen LogP contribution in [0.4, 0.5) is 0 Å². The average Bonchev–Trinajstić information content (AvgIpc) is 2.68. The van der Waals surface area contributed by atoms with Gasteiger partial charge in [0.05, 0.1) is 29.8 Å². The van der Waals surface area contributed by atoms with Crippen LogP contribution in [0.25, 0.3) is 16.6 Å². The molecule has 2 aliphatic rings. The first-order valence-corrected chi connectivity index (χ1v) is 10.6. The summed E-state index contributed by atoms with van der Waals surface area (Å²) in [4.78, 5) is 20.9. The normalized spacial score (nSPS) is 18.0. The van der Waals surface area contributed by atoms with Crippen molar-refractivity contribution >= 4 is 10.9 Å². The molecular formula is C24H27N3O2. The van der Waals surface area contributed by atoms with Crippen LogP contribution in [0.3, 0.4) is 0 Å². The Kier molecular flexibility index (Phi) is 4.72. The molecule has 1 spiro atoms. The summed E-state index contributed by atoms with van der Waals surface area (Å²) in [6, 6.07) is 15.9. The lowest BCUT2D eigenvalue weighted by Crippen LogP contribution is -2.65. The van der Waals surface area contributed by atoms with Gasteiger partial charge in [0.15, 0.2) is 0 Å². The van der Waals surface area contributed by atoms with Gasteiger partial charge in [-0.05, 0) is 43.1 Å². The number of fused-ring (bicyclic) bond motifs is 1. The molecular weight excluding hydrogens is 362 g/mol. The van der Waals surface area contributed by atoms with Gasteiger partial charge in [-0.25, -0.2) is 4.98 Å². The Hall–Kier alpha value is -2.50. The lowest BCUT2D eigenvalue weighted by Gasteiger charge is -2.55. The van der Waals surface area contributed by atoms with Crippen LogP contribution >= 0.6 is 0 Å². The van der Waals surface area contributed by atoms with Crippen LogP contribution in [-0.2, 0) is 17.6 Å². The molecule has 5 rings (SSSR count). The highest BCUT2D eigenvalue weighted by Crippen LogP contribution is 2.37. The Balaban J connectivity index is 1.42. The second kappa shape index (κ2) is 7.39. The maximum atomic E-state index is 13.5. The van der Waals surface area contributed by atoms with E-state index in [-0.39, 0.29) is 5.56 Å². The van der Waals surface area contributed by atoms with E-state index in [0.717, 1.165) is 73.7 Å². The Morgan fingerprint density at radius 3 is 2.55 bits per heavy atom. The summed E-state index contributed by atoms with van der Waals surface area (Å²) in [6.45, 7) is 7.29. The van der Waals surface area contributed by atoms with Gasteiger partial charge >= 0.3 is 0 Å². The molecule has 0 amide bonds. The molecule has 0 atom stereocenters. The van der Waals surface area contributed by atoms with Crippen molar-refractivity contribution in [3.8, 4) is 5.69 Å². The van der Waals surface area contributed by atoms with Crippen LogP contribution in [0.15, 0.2) is 53.3 Å². The van der Waals surface area contributed by atoms with Gasteiger partial charge in [-0.15, -0.1) is 0 Å². The average molecular weight is 389 g/mol. The zero-order valence-corrected chi connectivity index (χ0v) is 16.9. The number of nitrogens with zero attached hydrogens (tertiary/aromatic N) is 3. The molecule has 2 aliphatic heterocycles. The number of likely N-dealkylation sites (tertiary alicyclic amines) is 1. The summed E-state index contributed by atoms with van der Waals surface area (Å²) in [6.07, 6.45) is 2.66. The number of hydrogen-bond acceptors (Lipinski definition) is 4. The summed E-state index contributed by atoms with van der Waals surface area (Å²) in [5.74, 6) is 0.805. The number of aromatic nitrogens is 2. The molecule has 5 heteroatoms. The van der Waals surface area contributed by atoms with Crippen LogP contribution in [0, 0.1) is 5.41 Å². The van der Waals surface area contributed by atoms with Crippen molar-refractivity contribution in [1.82, 2.24) is 14.5 Å². The summed E-state index contributed by atoms with van der Waals surface area (Å²) in [5, 5.41) is 0.765. The van der Waals surface area contributed by atoms with E-state index in [1.807, 2.05) is 49.4 Å². The molecule has 3 aromatic rings. The van der Waals surface area contributed by atoms with Crippen molar-refractivity contribution in [2.75, 3.05) is 32.8 Å². The van der Waals surface area contributed by atoms with E-state index < -0.39 is 0 Å². The first-order valence-electron chi connectivity index (χ1n) is 10.6. The van der Waals surface area contributed by atoms with Gasteiger partial charge in [0.25, 0.3) is 5.56 Å². The quantitative estimate of drug-likeness (QED) is 0.650. The van der Waals surface area contributed by atoms with Gasteiger partial charge in [0, 0.05) is 24.9 Å². The van der Waals surface area contributed by atoms with Gasteiger partial charge in [0.1, 0.15) is 5.82 Å². The maximum absolute atomic E-state index is 13.5. The van der Waals surface area contributed by atoms with Gasteiger partial charge in [-0.2, -0.15) is 0 Å². The highest BCUT2D eigenvalue weighted by atomic mass is 16.5. The van der Waals surface area contributed by atoms with Gasteiger partial charge in [-0.1, -0.05) is 37.3 Å². The van der Waals surface area contributed by atoms with Crippen molar-refractivity contribution in [3.63, 3.8) is 0 Å². The third-order valence-electron chi connectivity index (χ3n) is 6.24. The summed E-state index contributed by atoms with van der Waals surface area (Å²) >= 11 is 0. The SMILES string of the molecule is CCc1nc2cccc(CCCN3CC4(COC4)C3)c2c(=O)n1-c1ccccc1. The molecule has 5 nitrogen and oxygen atoms in total. The van der Waals surface area contributed by atoms with Crippen molar-refractivity contribution < 1.29 is 4.74 Å². The molecule has 3 heterocycles. The molecule has 0 aliphatic carbocycles. The molecule has 150 valence electrons. The van der Waals surface area contributed by atoms with Crippen LogP contribution in [0.5, 0.6) is 0 Å². The summed E-state index contributed by atoms with van der Waals surface area (Å²) in [7, 11) is 0. The number of para-hydroxylation sites is 1. The molecule has 0 bridgehead atoms. The number of ether oxygens (including phenoxy) is 1. The van der Waals surface area contributed by atoms with E-state index in [1.54, 1.807) is 4.57 Å². The van der Waals surface area contributed by atoms with Crippen molar-refractivity contribution in [1.29, 1.82) is 0 Å². The molecule has 0 unspecified atom stereocenters. The first kappa shape index (κ1) is 18.5. The van der Waals surface area contributed by atoms with Crippen LogP contribution < -0.4 is 5.56 Å². The first-order chi connectivity index (χ1) is 14.2. The van der Waals surface area contributed by atoms with Crippen molar-refractivity contribution in [2.24, 2.45) is 5.41 Å². The number of hydrogen-bond donors (Lipinski definition) is 0. The minimum atomic E-state index is 0.0446. The van der Waals surface area contributed by atoms with Gasteiger partial charge < -0.3 is 9.64 Å².